The van der Waals surface area contributed by atoms with Gasteiger partial charge in [-0.1, -0.05) is 13.8 Å². The summed E-state index contributed by atoms with van der Waals surface area (Å²) in [4.78, 5) is -0.222. The standard InChI is InChI=1S/C12H18BrFN2O3S/c1-3-12(17,4-2)7-16-20(18,19)11-5-8(13)9(14)6-10(11)15/h5-6,16-17H,3-4,7,15H2,1-2H3. The highest BCUT2D eigenvalue weighted by Crippen LogP contribution is 2.26. The van der Waals surface area contributed by atoms with E-state index in [9.17, 15) is 17.9 Å². The third-order valence-corrected chi connectivity index (χ3v) is 5.31. The molecule has 0 aromatic heterocycles. The summed E-state index contributed by atoms with van der Waals surface area (Å²) in [5.41, 5.74) is 4.24. The van der Waals surface area contributed by atoms with Crippen molar-refractivity contribution < 1.29 is 17.9 Å². The van der Waals surface area contributed by atoms with E-state index < -0.39 is 21.4 Å². The van der Waals surface area contributed by atoms with E-state index >= 15 is 0 Å². The molecule has 20 heavy (non-hydrogen) atoms. The number of benzene rings is 1. The number of nitrogens with one attached hydrogen (secondary N) is 1. The molecule has 0 bridgehead atoms. The predicted molar refractivity (Wildman–Crippen MR) is 79.2 cm³/mol. The van der Waals surface area contributed by atoms with Crippen molar-refractivity contribution in [3.05, 3.63) is 22.4 Å². The summed E-state index contributed by atoms with van der Waals surface area (Å²) < 4.78 is 39.9. The van der Waals surface area contributed by atoms with Gasteiger partial charge in [0.05, 0.1) is 15.8 Å². The Labute approximate surface area is 126 Å². The lowest BCUT2D eigenvalue weighted by Gasteiger charge is -2.25. The summed E-state index contributed by atoms with van der Waals surface area (Å²) >= 11 is 2.92. The minimum atomic E-state index is -3.92. The number of nitrogen functional groups attached to an aromatic ring is 1. The Bertz CT molecular complexity index is 589. The topological polar surface area (TPSA) is 92.4 Å². The maximum absolute atomic E-state index is 13.2. The minimum absolute atomic E-state index is 0.00770. The average Bonchev–Trinajstić information content (AvgIpc) is 2.40. The fourth-order valence-corrected chi connectivity index (χ4v) is 3.34. The van der Waals surface area contributed by atoms with Crippen LogP contribution in [0.3, 0.4) is 0 Å². The Hall–Kier alpha value is -0.700. The second-order valence-electron chi connectivity index (χ2n) is 4.56. The van der Waals surface area contributed by atoms with E-state index in [1.165, 1.54) is 0 Å². The Morgan fingerprint density at radius 1 is 1.40 bits per heavy atom. The van der Waals surface area contributed by atoms with Crippen LogP contribution in [0.5, 0.6) is 0 Å². The second kappa shape index (κ2) is 6.38. The largest absolute Gasteiger partial charge is 0.398 e. The number of hydrogen-bond acceptors (Lipinski definition) is 4. The normalized spacial score (nSPS) is 12.7. The van der Waals surface area contributed by atoms with E-state index in [2.05, 4.69) is 20.7 Å². The van der Waals surface area contributed by atoms with Crippen molar-refractivity contribution in [1.29, 1.82) is 0 Å². The van der Waals surface area contributed by atoms with E-state index in [1.54, 1.807) is 13.8 Å². The molecule has 0 aliphatic rings. The first-order valence-corrected chi connectivity index (χ1v) is 8.39. The molecule has 1 rings (SSSR count). The quantitative estimate of drug-likeness (QED) is 0.669. The van der Waals surface area contributed by atoms with E-state index in [0.717, 1.165) is 12.1 Å². The van der Waals surface area contributed by atoms with Gasteiger partial charge in [-0.15, -0.1) is 0 Å². The molecule has 0 amide bonds. The van der Waals surface area contributed by atoms with E-state index in [0.29, 0.717) is 12.8 Å². The third-order valence-electron chi connectivity index (χ3n) is 3.25. The molecule has 0 radical (unpaired) electrons. The molecule has 0 saturated heterocycles. The first-order chi connectivity index (χ1) is 9.15. The van der Waals surface area contributed by atoms with Crippen LogP contribution < -0.4 is 10.5 Å². The SMILES string of the molecule is CCC(O)(CC)CNS(=O)(=O)c1cc(Br)c(F)cc1N. The van der Waals surface area contributed by atoms with Gasteiger partial charge in [-0.05, 0) is 40.9 Å². The molecule has 0 spiro atoms. The number of halogens is 2. The molecule has 0 aliphatic heterocycles. The summed E-state index contributed by atoms with van der Waals surface area (Å²) in [6.45, 7) is 3.40. The lowest BCUT2D eigenvalue weighted by Crippen LogP contribution is -2.42. The monoisotopic (exact) mass is 368 g/mol. The Kier molecular flexibility index (Phi) is 5.54. The summed E-state index contributed by atoms with van der Waals surface area (Å²) in [5, 5.41) is 10.1. The molecule has 5 nitrogen and oxygen atoms in total. The Morgan fingerprint density at radius 2 is 1.95 bits per heavy atom. The van der Waals surface area contributed by atoms with Crippen LogP contribution >= 0.6 is 15.9 Å². The second-order valence-corrected chi connectivity index (χ2v) is 7.15. The Morgan fingerprint density at radius 3 is 2.45 bits per heavy atom. The van der Waals surface area contributed by atoms with Crippen molar-refractivity contribution in [2.45, 2.75) is 37.2 Å². The van der Waals surface area contributed by atoms with Crippen molar-refractivity contribution in [1.82, 2.24) is 4.72 Å². The maximum Gasteiger partial charge on any atom is 0.242 e. The van der Waals surface area contributed by atoms with Crippen molar-refractivity contribution in [2.24, 2.45) is 0 Å². The zero-order chi connectivity index (χ0) is 15.6. The average molecular weight is 369 g/mol. The number of aliphatic hydroxyl groups is 1. The van der Waals surface area contributed by atoms with Crippen LogP contribution in [0, 0.1) is 5.82 Å². The molecule has 1 aromatic carbocycles. The smallest absolute Gasteiger partial charge is 0.242 e. The molecule has 114 valence electrons. The summed E-state index contributed by atoms with van der Waals surface area (Å²) in [6, 6.07) is 2.04. The lowest BCUT2D eigenvalue weighted by atomic mass is 9.98. The fraction of sp³-hybridized carbons (Fsp3) is 0.500. The van der Waals surface area contributed by atoms with Crippen LogP contribution in [0.1, 0.15) is 26.7 Å². The number of anilines is 1. The van der Waals surface area contributed by atoms with Crippen LogP contribution in [0.25, 0.3) is 0 Å². The van der Waals surface area contributed by atoms with Gasteiger partial charge in [0, 0.05) is 6.54 Å². The van der Waals surface area contributed by atoms with E-state index in [4.69, 9.17) is 5.73 Å². The molecule has 1 aromatic rings. The number of nitrogens with two attached hydrogens (primary N) is 1. The van der Waals surface area contributed by atoms with E-state index in [1.807, 2.05) is 0 Å². The van der Waals surface area contributed by atoms with Crippen LogP contribution in [0.4, 0.5) is 10.1 Å². The first-order valence-electron chi connectivity index (χ1n) is 6.11. The Balaban J connectivity index is 3.04. The molecule has 4 N–H and O–H groups in total. The fourth-order valence-electron chi connectivity index (χ4n) is 1.58. The molecule has 0 fully saturated rings. The van der Waals surface area contributed by atoms with Gasteiger partial charge in [-0.3, -0.25) is 0 Å². The zero-order valence-electron chi connectivity index (χ0n) is 11.3. The van der Waals surface area contributed by atoms with Gasteiger partial charge >= 0.3 is 0 Å². The van der Waals surface area contributed by atoms with Crippen molar-refractivity contribution >= 4 is 31.6 Å². The molecule has 0 unspecified atom stereocenters. The molecule has 0 heterocycles. The van der Waals surface area contributed by atoms with Crippen LogP contribution in [-0.2, 0) is 10.0 Å². The summed E-state index contributed by atoms with van der Waals surface area (Å²) in [5.74, 6) is -0.639. The highest BCUT2D eigenvalue weighted by Gasteiger charge is 2.27. The molecular weight excluding hydrogens is 351 g/mol. The zero-order valence-corrected chi connectivity index (χ0v) is 13.7. The van der Waals surface area contributed by atoms with Crippen LogP contribution in [0.15, 0.2) is 21.5 Å². The van der Waals surface area contributed by atoms with Crippen molar-refractivity contribution in [3.8, 4) is 0 Å². The van der Waals surface area contributed by atoms with E-state index in [-0.39, 0.29) is 21.6 Å². The number of rotatable bonds is 6. The minimum Gasteiger partial charge on any atom is -0.398 e. The van der Waals surface area contributed by atoms with Gasteiger partial charge < -0.3 is 10.8 Å². The van der Waals surface area contributed by atoms with Gasteiger partial charge in [0.1, 0.15) is 10.7 Å². The van der Waals surface area contributed by atoms with Crippen molar-refractivity contribution in [3.63, 3.8) is 0 Å². The van der Waals surface area contributed by atoms with Gasteiger partial charge in [0.15, 0.2) is 0 Å². The van der Waals surface area contributed by atoms with Gasteiger partial charge in [-0.2, -0.15) is 0 Å². The third kappa shape index (κ3) is 3.91. The van der Waals surface area contributed by atoms with Crippen LogP contribution in [0.2, 0.25) is 0 Å². The lowest BCUT2D eigenvalue weighted by molar-refractivity contribution is 0.0377. The highest BCUT2D eigenvalue weighted by atomic mass is 79.9. The number of hydrogen-bond donors (Lipinski definition) is 3. The molecular formula is C12H18BrFN2O3S. The highest BCUT2D eigenvalue weighted by molar-refractivity contribution is 9.10. The summed E-state index contributed by atoms with van der Waals surface area (Å²) in [7, 11) is -3.92. The van der Waals surface area contributed by atoms with Gasteiger partial charge in [-0.25, -0.2) is 17.5 Å². The predicted octanol–water partition coefficient (Wildman–Crippen LogP) is 2.00. The van der Waals surface area contributed by atoms with Crippen molar-refractivity contribution in [2.75, 3.05) is 12.3 Å². The molecule has 0 aliphatic carbocycles. The number of sulfonamides is 1. The van der Waals surface area contributed by atoms with Gasteiger partial charge in [0.25, 0.3) is 0 Å². The molecule has 0 saturated carbocycles. The maximum atomic E-state index is 13.2. The summed E-state index contributed by atoms with van der Waals surface area (Å²) in [6.07, 6.45) is 0.823. The van der Waals surface area contributed by atoms with Crippen LogP contribution in [-0.4, -0.2) is 25.7 Å². The van der Waals surface area contributed by atoms with Gasteiger partial charge in [0.2, 0.25) is 10.0 Å². The molecule has 0 atom stereocenters. The first kappa shape index (κ1) is 17.4. The molecule has 8 heteroatoms.